The zero-order chi connectivity index (χ0) is 15.5. The third kappa shape index (κ3) is 3.46. The number of halogens is 1. The van der Waals surface area contributed by atoms with E-state index in [9.17, 15) is 4.79 Å². The lowest BCUT2D eigenvalue weighted by Gasteiger charge is -2.30. The van der Waals surface area contributed by atoms with Crippen molar-refractivity contribution in [1.29, 1.82) is 0 Å². The predicted molar refractivity (Wildman–Crippen MR) is 90.5 cm³/mol. The van der Waals surface area contributed by atoms with E-state index in [1.165, 1.54) is 0 Å². The minimum absolute atomic E-state index is 0.0908. The molecule has 22 heavy (non-hydrogen) atoms. The fraction of sp³-hybridized carbons (Fsp3) is 0.533. The summed E-state index contributed by atoms with van der Waals surface area (Å²) >= 11 is 11.3. The lowest BCUT2D eigenvalue weighted by molar-refractivity contribution is -0.123. The van der Waals surface area contributed by atoms with Gasteiger partial charge in [-0.3, -0.25) is 14.6 Å². The minimum Gasteiger partial charge on any atom is -0.379 e. The Balaban J connectivity index is 1.60. The number of alkyl halides is 1. The van der Waals surface area contributed by atoms with Crippen molar-refractivity contribution in [3.63, 3.8) is 0 Å². The first-order chi connectivity index (χ1) is 10.6. The van der Waals surface area contributed by atoms with Crippen molar-refractivity contribution in [2.75, 3.05) is 39.4 Å². The topological polar surface area (TPSA) is 45.1 Å². The minimum atomic E-state index is -0.264. The van der Waals surface area contributed by atoms with Crippen molar-refractivity contribution in [3.05, 3.63) is 23.8 Å². The largest absolute Gasteiger partial charge is 0.379 e. The van der Waals surface area contributed by atoms with Crippen LogP contribution in [0.2, 0.25) is 0 Å². The number of ether oxygens (including phenoxy) is 1. The lowest BCUT2D eigenvalue weighted by Crippen LogP contribution is -2.44. The highest BCUT2D eigenvalue weighted by atomic mass is 35.5. The van der Waals surface area contributed by atoms with Gasteiger partial charge in [0.1, 0.15) is 0 Å². The first-order valence-corrected chi connectivity index (χ1v) is 8.29. The normalized spacial score (nSPS) is 25.9. The van der Waals surface area contributed by atoms with Crippen LogP contribution >= 0.6 is 23.8 Å². The number of carbonyl (C=O) groups excluding carboxylic acids is 1. The molecule has 7 heteroatoms. The summed E-state index contributed by atoms with van der Waals surface area (Å²) in [5.41, 5.74) is 1.18. The van der Waals surface area contributed by atoms with E-state index in [1.807, 2.05) is 0 Å². The zero-order valence-electron chi connectivity index (χ0n) is 12.2. The van der Waals surface area contributed by atoms with Crippen LogP contribution < -0.4 is 0 Å². The maximum Gasteiger partial charge on any atom is 0.262 e. The van der Waals surface area contributed by atoms with E-state index >= 15 is 0 Å². The van der Waals surface area contributed by atoms with Gasteiger partial charge in [-0.15, -0.1) is 11.6 Å². The molecule has 1 amide bonds. The van der Waals surface area contributed by atoms with Gasteiger partial charge in [0.25, 0.3) is 5.91 Å². The standard InChI is InChI=1S/C15H18ClN3O2S/c16-11-2-3-13-12(10-11)14(20)19(15(22)17-13)5-1-4-18-6-8-21-9-7-18/h2-3,10-11H,1,4-9H2. The summed E-state index contributed by atoms with van der Waals surface area (Å²) in [5, 5.41) is 0.0802. The van der Waals surface area contributed by atoms with Crippen LogP contribution in [0.25, 0.3) is 0 Å². The highest BCUT2D eigenvalue weighted by Crippen LogP contribution is 2.21. The molecule has 2 heterocycles. The molecule has 0 radical (unpaired) electrons. The number of amides is 1. The quantitative estimate of drug-likeness (QED) is 0.573. The predicted octanol–water partition coefficient (Wildman–Crippen LogP) is 1.38. The monoisotopic (exact) mass is 339 g/mol. The van der Waals surface area contributed by atoms with Gasteiger partial charge in [-0.25, -0.2) is 4.99 Å². The van der Waals surface area contributed by atoms with Crippen molar-refractivity contribution in [2.45, 2.75) is 11.8 Å². The van der Waals surface area contributed by atoms with Crippen LogP contribution in [0.5, 0.6) is 0 Å². The van der Waals surface area contributed by atoms with Crippen molar-refractivity contribution < 1.29 is 9.53 Å². The number of nitrogens with zero attached hydrogens (tertiary/aromatic N) is 3. The SMILES string of the molecule is O=C1C2=CC(Cl)C=CC2=NC(=S)N1CCCN1CCOCC1. The fourth-order valence-corrected chi connectivity index (χ4v) is 3.19. The molecule has 0 bridgehead atoms. The van der Waals surface area contributed by atoms with E-state index in [-0.39, 0.29) is 11.3 Å². The molecule has 3 aliphatic rings. The first kappa shape index (κ1) is 15.8. The van der Waals surface area contributed by atoms with Crippen molar-refractivity contribution in [1.82, 2.24) is 9.80 Å². The van der Waals surface area contributed by atoms with Gasteiger partial charge in [0, 0.05) is 26.2 Å². The van der Waals surface area contributed by atoms with Crippen LogP contribution in [0.15, 0.2) is 28.8 Å². The Morgan fingerprint density at radius 1 is 1.36 bits per heavy atom. The molecule has 1 saturated heterocycles. The van der Waals surface area contributed by atoms with E-state index in [0.717, 1.165) is 39.3 Å². The number of rotatable bonds is 4. The van der Waals surface area contributed by atoms with E-state index in [4.69, 9.17) is 28.6 Å². The second kappa shape index (κ2) is 7.00. The Morgan fingerprint density at radius 3 is 2.91 bits per heavy atom. The third-order valence-corrected chi connectivity index (χ3v) is 4.51. The lowest BCUT2D eigenvalue weighted by atomic mass is 10.0. The van der Waals surface area contributed by atoms with Gasteiger partial charge in [0.2, 0.25) is 5.11 Å². The average molecular weight is 340 g/mol. The number of hydrogen-bond donors (Lipinski definition) is 0. The van der Waals surface area contributed by atoms with Crippen LogP contribution in [-0.2, 0) is 9.53 Å². The summed E-state index contributed by atoms with van der Waals surface area (Å²) in [5.74, 6) is -0.0908. The maximum atomic E-state index is 12.6. The molecule has 0 saturated carbocycles. The van der Waals surface area contributed by atoms with Crippen molar-refractivity contribution in [2.24, 2.45) is 4.99 Å². The Hall–Kier alpha value is -1.08. The van der Waals surface area contributed by atoms with Crippen LogP contribution in [0, 0.1) is 0 Å². The Morgan fingerprint density at radius 2 is 2.14 bits per heavy atom. The molecule has 1 unspecified atom stereocenters. The summed E-state index contributed by atoms with van der Waals surface area (Å²) in [4.78, 5) is 20.8. The second-order valence-electron chi connectivity index (χ2n) is 5.43. The van der Waals surface area contributed by atoms with E-state index in [1.54, 1.807) is 23.1 Å². The van der Waals surface area contributed by atoms with E-state index < -0.39 is 0 Å². The highest BCUT2D eigenvalue weighted by molar-refractivity contribution is 7.80. The molecule has 5 nitrogen and oxygen atoms in total. The average Bonchev–Trinajstić information content (AvgIpc) is 2.52. The Kier molecular flexibility index (Phi) is 5.03. The number of thiocarbonyl (C=S) groups is 1. The maximum absolute atomic E-state index is 12.6. The molecule has 1 atom stereocenters. The van der Waals surface area contributed by atoms with Crippen LogP contribution in [0.4, 0.5) is 0 Å². The van der Waals surface area contributed by atoms with E-state index in [2.05, 4.69) is 9.89 Å². The van der Waals surface area contributed by atoms with Gasteiger partial charge in [0.05, 0.1) is 29.9 Å². The smallest absolute Gasteiger partial charge is 0.262 e. The molecule has 3 rings (SSSR count). The summed E-state index contributed by atoms with van der Waals surface area (Å²) in [6, 6.07) is 0. The first-order valence-electron chi connectivity index (χ1n) is 7.44. The number of carbonyl (C=O) groups is 1. The molecular weight excluding hydrogens is 322 g/mol. The van der Waals surface area contributed by atoms with Gasteiger partial charge in [0.15, 0.2) is 0 Å². The van der Waals surface area contributed by atoms with Crippen LogP contribution in [-0.4, -0.2) is 71.3 Å². The molecule has 0 spiro atoms. The van der Waals surface area contributed by atoms with Crippen molar-refractivity contribution in [3.8, 4) is 0 Å². The van der Waals surface area contributed by atoms with Gasteiger partial charge in [-0.1, -0.05) is 6.08 Å². The summed E-state index contributed by atoms with van der Waals surface area (Å²) in [7, 11) is 0. The number of morpholine rings is 1. The molecular formula is C15H18ClN3O2S. The highest BCUT2D eigenvalue weighted by Gasteiger charge is 2.31. The fourth-order valence-electron chi connectivity index (χ4n) is 2.72. The van der Waals surface area contributed by atoms with Gasteiger partial charge < -0.3 is 4.74 Å². The molecule has 118 valence electrons. The molecule has 2 aliphatic heterocycles. The summed E-state index contributed by atoms with van der Waals surface area (Å²) in [6.07, 6.45) is 6.17. The van der Waals surface area contributed by atoms with Crippen LogP contribution in [0.3, 0.4) is 0 Å². The Labute approximate surface area is 140 Å². The number of fused-ring (bicyclic) bond motifs is 1. The Bertz CT molecular complexity index is 567. The molecule has 1 fully saturated rings. The third-order valence-electron chi connectivity index (χ3n) is 3.92. The van der Waals surface area contributed by atoms with Gasteiger partial charge >= 0.3 is 0 Å². The molecule has 1 aliphatic carbocycles. The molecule has 0 aromatic heterocycles. The molecule has 0 N–H and O–H groups in total. The summed E-state index contributed by atoms with van der Waals surface area (Å²) < 4.78 is 5.33. The number of aliphatic imine (C=N–C) groups is 1. The molecule has 0 aromatic rings. The van der Waals surface area contributed by atoms with E-state index in [0.29, 0.717) is 22.9 Å². The number of hydrogen-bond acceptors (Lipinski definition) is 4. The summed E-state index contributed by atoms with van der Waals surface area (Å²) in [6.45, 7) is 4.98. The molecule has 0 aromatic carbocycles. The van der Waals surface area contributed by atoms with Gasteiger partial charge in [-0.2, -0.15) is 0 Å². The second-order valence-corrected chi connectivity index (χ2v) is 6.30. The zero-order valence-corrected chi connectivity index (χ0v) is 13.8. The number of allylic oxidation sites excluding steroid dienone is 3. The van der Waals surface area contributed by atoms with Crippen molar-refractivity contribution >= 4 is 40.6 Å². The van der Waals surface area contributed by atoms with Gasteiger partial charge in [-0.05, 0) is 30.8 Å². The van der Waals surface area contributed by atoms with Crippen LogP contribution in [0.1, 0.15) is 6.42 Å².